The molecule has 0 N–H and O–H groups in total. The maximum atomic E-state index is 12.7. The average Bonchev–Trinajstić information content (AvgIpc) is 3.14. The summed E-state index contributed by atoms with van der Waals surface area (Å²) in [4.78, 5) is 21.5. The summed E-state index contributed by atoms with van der Waals surface area (Å²) in [6.07, 6.45) is 0. The number of carbonyl (C=O) groups excluding carboxylic acids is 1. The largest absolute Gasteiger partial charge is 0.368 e. The Labute approximate surface area is 179 Å². The molecule has 0 saturated carbocycles. The molecule has 8 heteroatoms. The van der Waals surface area contributed by atoms with Crippen LogP contribution in [-0.2, 0) is 11.8 Å². The summed E-state index contributed by atoms with van der Waals surface area (Å²) in [5, 5.41) is 5.86. The van der Waals surface area contributed by atoms with Crippen LogP contribution in [0, 0.1) is 0 Å². The molecule has 150 valence electrons. The Bertz CT molecular complexity index is 968. The van der Waals surface area contributed by atoms with E-state index < -0.39 is 0 Å². The van der Waals surface area contributed by atoms with Crippen LogP contribution in [-0.4, -0.2) is 57.5 Å². The van der Waals surface area contributed by atoms with Gasteiger partial charge in [0.25, 0.3) is 0 Å². The van der Waals surface area contributed by atoms with Crippen molar-refractivity contribution in [2.24, 2.45) is 7.05 Å². The molecule has 1 amide bonds. The third kappa shape index (κ3) is 4.74. The van der Waals surface area contributed by atoms with Crippen LogP contribution < -0.4 is 4.90 Å². The Morgan fingerprint density at radius 2 is 1.72 bits per heavy atom. The highest BCUT2D eigenvalue weighted by Gasteiger charge is 2.22. The SMILES string of the molecule is Cn1nc(-c2ccc(Cl)cc2)nc1SCC(=O)N1CCN(c2ccccc2)CC1. The van der Waals surface area contributed by atoms with Crippen molar-refractivity contribution in [1.82, 2.24) is 19.7 Å². The van der Waals surface area contributed by atoms with Crippen LogP contribution in [0.4, 0.5) is 5.69 Å². The van der Waals surface area contributed by atoms with E-state index in [1.54, 1.807) is 4.68 Å². The van der Waals surface area contributed by atoms with Gasteiger partial charge in [0.1, 0.15) is 0 Å². The van der Waals surface area contributed by atoms with E-state index in [9.17, 15) is 4.79 Å². The Balaban J connectivity index is 1.32. The lowest BCUT2D eigenvalue weighted by Crippen LogP contribution is -2.49. The van der Waals surface area contributed by atoms with Crippen LogP contribution in [0.25, 0.3) is 11.4 Å². The number of nitrogens with zero attached hydrogens (tertiary/aromatic N) is 5. The van der Waals surface area contributed by atoms with Crippen molar-refractivity contribution in [2.45, 2.75) is 5.16 Å². The third-order valence-corrected chi connectivity index (χ3v) is 6.16. The van der Waals surface area contributed by atoms with Crippen LogP contribution in [0.2, 0.25) is 5.02 Å². The molecule has 1 aliphatic rings. The van der Waals surface area contributed by atoms with E-state index >= 15 is 0 Å². The van der Waals surface area contributed by atoms with Crippen LogP contribution in [0.15, 0.2) is 59.8 Å². The summed E-state index contributed by atoms with van der Waals surface area (Å²) in [6, 6.07) is 17.8. The van der Waals surface area contributed by atoms with Gasteiger partial charge in [0.15, 0.2) is 11.0 Å². The molecule has 0 atom stereocenters. The number of hydrogen-bond donors (Lipinski definition) is 0. The minimum atomic E-state index is 0.138. The summed E-state index contributed by atoms with van der Waals surface area (Å²) in [7, 11) is 1.85. The molecule has 0 radical (unpaired) electrons. The normalized spacial score (nSPS) is 14.3. The second-order valence-electron chi connectivity index (χ2n) is 6.84. The quantitative estimate of drug-likeness (QED) is 0.582. The molecule has 1 saturated heterocycles. The van der Waals surface area contributed by atoms with Crippen molar-refractivity contribution < 1.29 is 4.79 Å². The number of aromatic nitrogens is 3. The van der Waals surface area contributed by atoms with E-state index in [1.165, 1.54) is 17.4 Å². The third-order valence-electron chi connectivity index (χ3n) is 4.90. The van der Waals surface area contributed by atoms with Gasteiger partial charge in [-0.15, -0.1) is 0 Å². The fraction of sp³-hybridized carbons (Fsp3) is 0.286. The van der Waals surface area contributed by atoms with Gasteiger partial charge in [0, 0.05) is 49.5 Å². The highest BCUT2D eigenvalue weighted by molar-refractivity contribution is 7.99. The van der Waals surface area contributed by atoms with E-state index in [0.29, 0.717) is 16.6 Å². The number of aryl methyl sites for hydroxylation is 1. The number of piperazine rings is 1. The summed E-state index contributed by atoms with van der Waals surface area (Å²) < 4.78 is 1.72. The van der Waals surface area contributed by atoms with Crippen LogP contribution >= 0.6 is 23.4 Å². The van der Waals surface area contributed by atoms with Gasteiger partial charge < -0.3 is 9.80 Å². The highest BCUT2D eigenvalue weighted by Crippen LogP contribution is 2.23. The van der Waals surface area contributed by atoms with Crippen molar-refractivity contribution in [3.8, 4) is 11.4 Å². The van der Waals surface area contributed by atoms with Crippen LogP contribution in [0.3, 0.4) is 0 Å². The Hall–Kier alpha value is -2.51. The lowest BCUT2D eigenvalue weighted by molar-refractivity contribution is -0.128. The van der Waals surface area contributed by atoms with Crippen LogP contribution in [0.1, 0.15) is 0 Å². The van der Waals surface area contributed by atoms with Gasteiger partial charge in [-0.2, -0.15) is 5.10 Å². The molecule has 29 heavy (non-hydrogen) atoms. The van der Waals surface area contributed by atoms with Crippen molar-refractivity contribution in [3.63, 3.8) is 0 Å². The number of anilines is 1. The number of para-hydroxylation sites is 1. The van der Waals surface area contributed by atoms with E-state index in [-0.39, 0.29) is 5.91 Å². The van der Waals surface area contributed by atoms with Crippen molar-refractivity contribution >= 4 is 35.0 Å². The number of benzene rings is 2. The molecular formula is C21H22ClN5OS. The fourth-order valence-corrected chi connectivity index (χ4v) is 4.23. The fourth-order valence-electron chi connectivity index (χ4n) is 3.29. The van der Waals surface area contributed by atoms with Crippen molar-refractivity contribution in [3.05, 3.63) is 59.6 Å². The predicted octanol–water partition coefficient (Wildman–Crippen LogP) is 3.58. The zero-order chi connectivity index (χ0) is 20.2. The van der Waals surface area contributed by atoms with E-state index in [4.69, 9.17) is 11.6 Å². The lowest BCUT2D eigenvalue weighted by Gasteiger charge is -2.36. The number of rotatable bonds is 5. The van der Waals surface area contributed by atoms with E-state index in [0.717, 1.165) is 36.9 Å². The molecule has 1 fully saturated rings. The Morgan fingerprint density at radius 1 is 1.03 bits per heavy atom. The Kier molecular flexibility index (Phi) is 6.06. The van der Waals surface area contributed by atoms with E-state index in [2.05, 4.69) is 27.1 Å². The predicted molar refractivity (Wildman–Crippen MR) is 117 cm³/mol. The van der Waals surface area contributed by atoms with Gasteiger partial charge >= 0.3 is 0 Å². The molecule has 6 nitrogen and oxygen atoms in total. The molecule has 1 aliphatic heterocycles. The van der Waals surface area contributed by atoms with Gasteiger partial charge in [-0.1, -0.05) is 41.6 Å². The average molecular weight is 428 g/mol. The first-order valence-electron chi connectivity index (χ1n) is 9.48. The number of amides is 1. The van der Waals surface area contributed by atoms with Gasteiger partial charge in [-0.3, -0.25) is 4.79 Å². The molecule has 0 spiro atoms. The summed E-state index contributed by atoms with van der Waals surface area (Å²) in [5.74, 6) is 1.13. The number of thioether (sulfide) groups is 1. The molecular weight excluding hydrogens is 406 g/mol. The second-order valence-corrected chi connectivity index (χ2v) is 8.22. The van der Waals surface area contributed by atoms with E-state index in [1.807, 2.05) is 54.4 Å². The monoisotopic (exact) mass is 427 g/mol. The molecule has 2 aromatic carbocycles. The second kappa shape index (κ2) is 8.88. The molecule has 0 bridgehead atoms. The first-order chi connectivity index (χ1) is 14.1. The molecule has 0 unspecified atom stereocenters. The summed E-state index contributed by atoms with van der Waals surface area (Å²) >= 11 is 7.37. The minimum Gasteiger partial charge on any atom is -0.368 e. The molecule has 3 aromatic rings. The highest BCUT2D eigenvalue weighted by atomic mass is 35.5. The number of carbonyl (C=O) groups is 1. The number of hydrogen-bond acceptors (Lipinski definition) is 5. The van der Waals surface area contributed by atoms with Gasteiger partial charge in [-0.25, -0.2) is 9.67 Å². The molecule has 1 aromatic heterocycles. The minimum absolute atomic E-state index is 0.138. The number of halogens is 1. The maximum Gasteiger partial charge on any atom is 0.233 e. The standard InChI is InChI=1S/C21H22ClN5OS/c1-25-21(23-20(24-25)16-7-9-17(22)10-8-16)29-15-19(28)27-13-11-26(12-14-27)18-5-3-2-4-6-18/h2-10H,11-15H2,1H3. The first kappa shape index (κ1) is 19.8. The molecule has 4 rings (SSSR count). The van der Waals surface area contributed by atoms with Crippen molar-refractivity contribution in [1.29, 1.82) is 0 Å². The van der Waals surface area contributed by atoms with Crippen LogP contribution in [0.5, 0.6) is 0 Å². The maximum absolute atomic E-state index is 12.7. The van der Waals surface area contributed by atoms with Gasteiger partial charge in [-0.05, 0) is 36.4 Å². The van der Waals surface area contributed by atoms with Gasteiger partial charge in [0.05, 0.1) is 5.75 Å². The first-order valence-corrected chi connectivity index (χ1v) is 10.8. The molecule has 0 aliphatic carbocycles. The lowest BCUT2D eigenvalue weighted by atomic mass is 10.2. The smallest absolute Gasteiger partial charge is 0.233 e. The van der Waals surface area contributed by atoms with Gasteiger partial charge in [0.2, 0.25) is 5.91 Å². The zero-order valence-corrected chi connectivity index (χ0v) is 17.7. The summed E-state index contributed by atoms with van der Waals surface area (Å²) in [6.45, 7) is 3.18. The molecule has 2 heterocycles. The van der Waals surface area contributed by atoms with Crippen molar-refractivity contribution in [2.75, 3.05) is 36.8 Å². The zero-order valence-electron chi connectivity index (χ0n) is 16.2. The topological polar surface area (TPSA) is 54.3 Å². The summed E-state index contributed by atoms with van der Waals surface area (Å²) in [5.41, 5.74) is 2.11. The Morgan fingerprint density at radius 3 is 2.41 bits per heavy atom.